The van der Waals surface area contributed by atoms with Crippen LogP contribution in [-0.4, -0.2) is 23.8 Å². The van der Waals surface area contributed by atoms with Gasteiger partial charge in [-0.15, -0.1) is 0 Å². The van der Waals surface area contributed by atoms with Crippen LogP contribution in [0.3, 0.4) is 0 Å². The molecule has 1 aliphatic rings. The summed E-state index contributed by atoms with van der Waals surface area (Å²) in [7, 11) is 0. The lowest BCUT2D eigenvalue weighted by Crippen LogP contribution is -2.60. The zero-order valence-corrected chi connectivity index (χ0v) is 14.5. The SMILES string of the molecule is CCNC(=O)N[C@H]1C[C@@H](Cc2cc(-c3ccccc3)on2)C1(C)C. The number of rotatable bonds is 5. The topological polar surface area (TPSA) is 67.2 Å². The van der Waals surface area contributed by atoms with Crippen LogP contribution in [0.1, 0.15) is 32.9 Å². The molecule has 1 saturated carbocycles. The molecule has 2 amide bonds. The smallest absolute Gasteiger partial charge is 0.315 e. The second-order valence-electron chi connectivity index (χ2n) is 7.06. The van der Waals surface area contributed by atoms with Crippen molar-refractivity contribution in [2.24, 2.45) is 11.3 Å². The van der Waals surface area contributed by atoms with Gasteiger partial charge in [-0.2, -0.15) is 0 Å². The highest BCUT2D eigenvalue weighted by molar-refractivity contribution is 5.74. The number of amides is 2. The van der Waals surface area contributed by atoms with E-state index in [0.717, 1.165) is 29.9 Å². The lowest BCUT2D eigenvalue weighted by molar-refractivity contribution is 0.0201. The van der Waals surface area contributed by atoms with Crippen molar-refractivity contribution in [2.75, 3.05) is 6.54 Å². The molecule has 0 radical (unpaired) electrons. The molecule has 0 bridgehead atoms. The minimum atomic E-state index is -0.0816. The molecule has 24 heavy (non-hydrogen) atoms. The summed E-state index contributed by atoms with van der Waals surface area (Å²) in [5, 5.41) is 10.1. The van der Waals surface area contributed by atoms with Crippen LogP contribution in [0.15, 0.2) is 40.9 Å². The summed E-state index contributed by atoms with van der Waals surface area (Å²) >= 11 is 0. The van der Waals surface area contributed by atoms with Gasteiger partial charge in [-0.1, -0.05) is 49.3 Å². The number of aromatic nitrogens is 1. The first kappa shape index (κ1) is 16.6. The fourth-order valence-corrected chi connectivity index (χ4v) is 3.38. The van der Waals surface area contributed by atoms with E-state index in [2.05, 4.69) is 29.6 Å². The maximum atomic E-state index is 11.7. The van der Waals surface area contributed by atoms with Crippen molar-refractivity contribution in [2.45, 2.75) is 39.7 Å². The van der Waals surface area contributed by atoms with Crippen LogP contribution < -0.4 is 10.6 Å². The normalized spacial score (nSPS) is 21.8. The Morgan fingerprint density at radius 1 is 1.33 bits per heavy atom. The number of carbonyl (C=O) groups excluding carboxylic acids is 1. The Bertz CT molecular complexity index is 694. The molecule has 0 saturated heterocycles. The van der Waals surface area contributed by atoms with E-state index in [1.54, 1.807) is 0 Å². The summed E-state index contributed by atoms with van der Waals surface area (Å²) in [6, 6.07) is 12.1. The molecule has 0 unspecified atom stereocenters. The Labute approximate surface area is 142 Å². The van der Waals surface area contributed by atoms with Gasteiger partial charge >= 0.3 is 6.03 Å². The first-order chi connectivity index (χ1) is 11.5. The van der Waals surface area contributed by atoms with Crippen molar-refractivity contribution in [1.29, 1.82) is 0 Å². The van der Waals surface area contributed by atoms with E-state index in [1.165, 1.54) is 0 Å². The predicted molar refractivity (Wildman–Crippen MR) is 93.5 cm³/mol. The van der Waals surface area contributed by atoms with Crippen LogP contribution in [0.25, 0.3) is 11.3 Å². The number of hydrogen-bond donors (Lipinski definition) is 2. The summed E-state index contributed by atoms with van der Waals surface area (Å²) in [6.07, 6.45) is 1.84. The maximum absolute atomic E-state index is 11.7. The Morgan fingerprint density at radius 2 is 2.08 bits per heavy atom. The Hall–Kier alpha value is -2.30. The molecule has 2 aromatic rings. The summed E-state index contributed by atoms with van der Waals surface area (Å²) in [6.45, 7) is 6.97. The molecule has 1 aliphatic carbocycles. The van der Waals surface area contributed by atoms with Crippen molar-refractivity contribution >= 4 is 6.03 Å². The Kier molecular flexibility index (Phi) is 4.60. The highest BCUT2D eigenvalue weighted by Crippen LogP contribution is 2.47. The molecule has 5 nitrogen and oxygen atoms in total. The van der Waals surface area contributed by atoms with Gasteiger partial charge in [0.05, 0.1) is 5.69 Å². The number of urea groups is 1. The Morgan fingerprint density at radius 3 is 2.75 bits per heavy atom. The number of hydrogen-bond acceptors (Lipinski definition) is 3. The van der Waals surface area contributed by atoms with E-state index in [1.807, 2.05) is 43.3 Å². The van der Waals surface area contributed by atoms with Crippen molar-refractivity contribution in [3.63, 3.8) is 0 Å². The van der Waals surface area contributed by atoms with Crippen LogP contribution in [-0.2, 0) is 6.42 Å². The van der Waals surface area contributed by atoms with Crippen LogP contribution in [0, 0.1) is 11.3 Å². The molecule has 1 heterocycles. The average molecular weight is 327 g/mol. The zero-order chi connectivity index (χ0) is 17.2. The van der Waals surface area contributed by atoms with Gasteiger partial charge in [-0.25, -0.2) is 4.79 Å². The minimum absolute atomic E-state index is 0.0525. The van der Waals surface area contributed by atoms with Crippen LogP contribution >= 0.6 is 0 Å². The summed E-state index contributed by atoms with van der Waals surface area (Å²) in [5.74, 6) is 1.29. The summed E-state index contributed by atoms with van der Waals surface area (Å²) in [4.78, 5) is 11.7. The van der Waals surface area contributed by atoms with Crippen molar-refractivity contribution in [3.8, 4) is 11.3 Å². The maximum Gasteiger partial charge on any atom is 0.315 e. The molecule has 2 N–H and O–H groups in total. The van der Waals surface area contributed by atoms with Crippen LogP contribution in [0.2, 0.25) is 0 Å². The van der Waals surface area contributed by atoms with E-state index in [0.29, 0.717) is 12.5 Å². The molecular weight excluding hydrogens is 302 g/mol. The third kappa shape index (κ3) is 3.30. The highest BCUT2D eigenvalue weighted by atomic mass is 16.5. The van der Waals surface area contributed by atoms with Gasteiger partial charge in [0.15, 0.2) is 5.76 Å². The molecule has 1 aromatic heterocycles. The van der Waals surface area contributed by atoms with Gasteiger partial charge in [0.25, 0.3) is 0 Å². The van der Waals surface area contributed by atoms with E-state index >= 15 is 0 Å². The lowest BCUT2D eigenvalue weighted by atomic mass is 9.57. The third-order valence-corrected chi connectivity index (χ3v) is 5.19. The van der Waals surface area contributed by atoms with Gasteiger partial charge in [-0.05, 0) is 31.1 Å². The second kappa shape index (κ2) is 6.67. The van der Waals surface area contributed by atoms with E-state index < -0.39 is 0 Å². The van der Waals surface area contributed by atoms with E-state index in [-0.39, 0.29) is 17.5 Å². The predicted octanol–water partition coefficient (Wildman–Crippen LogP) is 3.62. The second-order valence-corrected chi connectivity index (χ2v) is 7.06. The highest BCUT2D eigenvalue weighted by Gasteiger charge is 2.48. The first-order valence-corrected chi connectivity index (χ1v) is 8.56. The van der Waals surface area contributed by atoms with Crippen molar-refractivity contribution in [3.05, 3.63) is 42.1 Å². The largest absolute Gasteiger partial charge is 0.356 e. The van der Waals surface area contributed by atoms with E-state index in [4.69, 9.17) is 4.52 Å². The molecule has 3 rings (SSSR count). The number of benzene rings is 1. The fraction of sp³-hybridized carbons (Fsp3) is 0.474. The quantitative estimate of drug-likeness (QED) is 0.881. The zero-order valence-electron chi connectivity index (χ0n) is 14.5. The number of nitrogens with one attached hydrogen (secondary N) is 2. The van der Waals surface area contributed by atoms with Gasteiger partial charge < -0.3 is 15.2 Å². The van der Waals surface area contributed by atoms with Crippen molar-refractivity contribution in [1.82, 2.24) is 15.8 Å². The molecule has 1 fully saturated rings. The number of nitrogens with zero attached hydrogens (tertiary/aromatic N) is 1. The molecule has 5 heteroatoms. The van der Waals surface area contributed by atoms with Gasteiger partial charge in [0, 0.05) is 24.2 Å². The number of carbonyl (C=O) groups is 1. The summed E-state index contributed by atoms with van der Waals surface area (Å²) < 4.78 is 5.48. The molecule has 2 atom stereocenters. The Balaban J connectivity index is 1.60. The first-order valence-electron chi connectivity index (χ1n) is 8.56. The third-order valence-electron chi connectivity index (χ3n) is 5.19. The van der Waals surface area contributed by atoms with Gasteiger partial charge in [-0.3, -0.25) is 0 Å². The van der Waals surface area contributed by atoms with Gasteiger partial charge in [0.2, 0.25) is 0 Å². The monoisotopic (exact) mass is 327 g/mol. The summed E-state index contributed by atoms with van der Waals surface area (Å²) in [5.41, 5.74) is 2.07. The molecule has 1 aromatic carbocycles. The van der Waals surface area contributed by atoms with Crippen LogP contribution in [0.4, 0.5) is 4.79 Å². The average Bonchev–Trinajstić information content (AvgIpc) is 3.04. The fourth-order valence-electron chi connectivity index (χ4n) is 3.38. The minimum Gasteiger partial charge on any atom is -0.356 e. The van der Waals surface area contributed by atoms with Crippen molar-refractivity contribution < 1.29 is 9.32 Å². The lowest BCUT2D eigenvalue weighted by Gasteiger charge is -2.52. The molecule has 0 spiro atoms. The molecular formula is C19H25N3O2. The van der Waals surface area contributed by atoms with Gasteiger partial charge in [0.1, 0.15) is 0 Å². The molecule has 0 aliphatic heterocycles. The van der Waals surface area contributed by atoms with E-state index in [9.17, 15) is 4.79 Å². The molecule has 128 valence electrons. The van der Waals surface area contributed by atoms with Crippen LogP contribution in [0.5, 0.6) is 0 Å². The standard InChI is InChI=1S/C19H25N3O2/c1-4-20-18(23)21-17-11-14(19(17,2)3)10-15-12-16(24-22-15)13-8-6-5-7-9-13/h5-9,12,14,17H,4,10-11H2,1-3H3,(H2,20,21,23)/t14-,17+/m1/s1.